The van der Waals surface area contributed by atoms with Gasteiger partial charge in [0.05, 0.1) is 18.6 Å². The molecule has 0 amide bonds. The summed E-state index contributed by atoms with van der Waals surface area (Å²) >= 11 is 0. The second-order valence-corrected chi connectivity index (χ2v) is 4.08. The Morgan fingerprint density at radius 1 is 1.29 bits per heavy atom. The van der Waals surface area contributed by atoms with Crippen molar-refractivity contribution in [1.29, 1.82) is 0 Å². The van der Waals surface area contributed by atoms with Gasteiger partial charge >= 0.3 is 0 Å². The van der Waals surface area contributed by atoms with Crippen LogP contribution >= 0.6 is 0 Å². The molecule has 3 heteroatoms. The third kappa shape index (κ3) is 2.87. The largest absolute Gasteiger partial charge is 0.379 e. The van der Waals surface area contributed by atoms with Crippen LogP contribution in [0.15, 0.2) is 36.8 Å². The molecular weight excluding hydrogens is 210 g/mol. The normalized spacial score (nSPS) is 10.5. The van der Waals surface area contributed by atoms with Crippen LogP contribution in [-0.4, -0.2) is 9.55 Å². The van der Waals surface area contributed by atoms with Gasteiger partial charge in [-0.25, -0.2) is 4.98 Å². The Labute approximate surface area is 103 Å². The number of rotatable bonds is 5. The van der Waals surface area contributed by atoms with Crippen molar-refractivity contribution in [2.45, 2.75) is 33.4 Å². The van der Waals surface area contributed by atoms with Crippen molar-refractivity contribution in [2.24, 2.45) is 0 Å². The van der Waals surface area contributed by atoms with Crippen molar-refractivity contribution >= 4 is 5.69 Å². The zero-order valence-corrected chi connectivity index (χ0v) is 10.5. The number of nitrogens with one attached hydrogen (secondary N) is 1. The van der Waals surface area contributed by atoms with Crippen LogP contribution in [-0.2, 0) is 19.5 Å². The van der Waals surface area contributed by atoms with E-state index in [1.807, 2.05) is 12.5 Å². The van der Waals surface area contributed by atoms with Crippen molar-refractivity contribution < 1.29 is 0 Å². The lowest BCUT2D eigenvalue weighted by molar-refractivity contribution is 0.719. The zero-order valence-electron chi connectivity index (χ0n) is 10.5. The molecule has 0 aliphatic heterocycles. The minimum absolute atomic E-state index is 0.820. The molecule has 0 fully saturated rings. The highest BCUT2D eigenvalue weighted by atomic mass is 15.1. The second-order valence-electron chi connectivity index (χ2n) is 4.08. The summed E-state index contributed by atoms with van der Waals surface area (Å²) in [6.07, 6.45) is 4.86. The Kier molecular flexibility index (Phi) is 3.81. The fraction of sp³-hybridized carbons (Fsp3) is 0.357. The monoisotopic (exact) mass is 229 g/mol. The summed E-state index contributed by atoms with van der Waals surface area (Å²) in [5.41, 5.74) is 3.75. The molecular formula is C14H19N3. The third-order valence-electron chi connectivity index (χ3n) is 2.95. The Morgan fingerprint density at radius 2 is 2.18 bits per heavy atom. The molecule has 0 spiro atoms. The number of aromatic nitrogens is 2. The molecule has 3 nitrogen and oxygen atoms in total. The predicted octanol–water partition coefficient (Wildman–Crippen LogP) is 3.08. The molecule has 0 saturated heterocycles. The molecule has 0 saturated carbocycles. The van der Waals surface area contributed by atoms with Gasteiger partial charge in [0.1, 0.15) is 0 Å². The van der Waals surface area contributed by atoms with Gasteiger partial charge in [0.15, 0.2) is 0 Å². The third-order valence-corrected chi connectivity index (χ3v) is 2.95. The molecule has 0 aliphatic rings. The highest BCUT2D eigenvalue weighted by molar-refractivity contribution is 5.45. The highest BCUT2D eigenvalue weighted by Crippen LogP contribution is 2.12. The van der Waals surface area contributed by atoms with Crippen molar-refractivity contribution in [1.82, 2.24) is 9.55 Å². The van der Waals surface area contributed by atoms with E-state index in [2.05, 4.69) is 53.0 Å². The number of nitrogens with zero attached hydrogens (tertiary/aromatic N) is 2. The molecule has 1 aromatic heterocycles. The Bertz CT molecular complexity index is 474. The van der Waals surface area contributed by atoms with Crippen LogP contribution < -0.4 is 5.32 Å². The van der Waals surface area contributed by atoms with Gasteiger partial charge in [-0.3, -0.25) is 0 Å². The van der Waals surface area contributed by atoms with Crippen LogP contribution in [0.25, 0.3) is 0 Å². The first-order valence-electron chi connectivity index (χ1n) is 6.15. The number of hydrogen-bond acceptors (Lipinski definition) is 2. The van der Waals surface area contributed by atoms with Gasteiger partial charge in [0.2, 0.25) is 0 Å². The van der Waals surface area contributed by atoms with Crippen molar-refractivity contribution in [3.8, 4) is 0 Å². The first-order chi connectivity index (χ1) is 8.33. The topological polar surface area (TPSA) is 29.9 Å². The van der Waals surface area contributed by atoms with Gasteiger partial charge in [-0.15, -0.1) is 0 Å². The van der Waals surface area contributed by atoms with E-state index in [0.29, 0.717) is 0 Å². The van der Waals surface area contributed by atoms with E-state index in [1.165, 1.54) is 16.9 Å². The second kappa shape index (κ2) is 5.53. The molecule has 0 aliphatic carbocycles. The maximum atomic E-state index is 4.16. The molecule has 2 aromatic rings. The van der Waals surface area contributed by atoms with Crippen LogP contribution in [0.5, 0.6) is 0 Å². The van der Waals surface area contributed by atoms with E-state index in [9.17, 15) is 0 Å². The van der Waals surface area contributed by atoms with E-state index in [0.717, 1.165) is 19.5 Å². The molecule has 2 rings (SSSR count). The summed E-state index contributed by atoms with van der Waals surface area (Å²) in [6.45, 7) is 6.08. The van der Waals surface area contributed by atoms with Gasteiger partial charge < -0.3 is 9.88 Å². The van der Waals surface area contributed by atoms with Crippen LogP contribution in [0.2, 0.25) is 0 Å². The summed E-state index contributed by atoms with van der Waals surface area (Å²) in [7, 11) is 0. The summed E-state index contributed by atoms with van der Waals surface area (Å²) in [5, 5.41) is 3.44. The molecule has 0 bridgehead atoms. The molecule has 0 radical (unpaired) electrons. The first kappa shape index (κ1) is 11.7. The zero-order chi connectivity index (χ0) is 12.1. The first-order valence-corrected chi connectivity index (χ1v) is 6.15. The smallest absolute Gasteiger partial charge is 0.0948 e. The minimum Gasteiger partial charge on any atom is -0.379 e. The molecule has 90 valence electrons. The molecule has 1 N–H and O–H groups in total. The summed E-state index contributed by atoms with van der Waals surface area (Å²) < 4.78 is 2.15. The van der Waals surface area contributed by atoms with Gasteiger partial charge in [-0.2, -0.15) is 0 Å². The number of aryl methyl sites for hydroxylation is 2. The summed E-state index contributed by atoms with van der Waals surface area (Å²) in [6, 6.07) is 8.55. The quantitative estimate of drug-likeness (QED) is 0.854. The molecule has 1 aromatic carbocycles. The van der Waals surface area contributed by atoms with Gasteiger partial charge in [0, 0.05) is 18.4 Å². The molecule has 1 heterocycles. The van der Waals surface area contributed by atoms with Crippen LogP contribution in [0.3, 0.4) is 0 Å². The standard InChI is InChI=1S/C14H19N3/c1-3-12-6-5-7-13(8-12)16-10-14-9-15-11-17(14)4-2/h5-9,11,16H,3-4,10H2,1-2H3. The number of benzene rings is 1. The van der Waals surface area contributed by atoms with E-state index < -0.39 is 0 Å². The maximum absolute atomic E-state index is 4.16. The Hall–Kier alpha value is -1.77. The van der Waals surface area contributed by atoms with E-state index in [-0.39, 0.29) is 0 Å². The summed E-state index contributed by atoms with van der Waals surface area (Å²) in [4.78, 5) is 4.16. The number of anilines is 1. The van der Waals surface area contributed by atoms with Crippen molar-refractivity contribution in [2.75, 3.05) is 5.32 Å². The number of hydrogen-bond donors (Lipinski definition) is 1. The predicted molar refractivity (Wildman–Crippen MR) is 71.0 cm³/mol. The molecule has 17 heavy (non-hydrogen) atoms. The fourth-order valence-electron chi connectivity index (χ4n) is 1.87. The van der Waals surface area contributed by atoms with Crippen molar-refractivity contribution in [3.05, 3.63) is 48.0 Å². The van der Waals surface area contributed by atoms with E-state index >= 15 is 0 Å². The van der Waals surface area contributed by atoms with Crippen molar-refractivity contribution in [3.63, 3.8) is 0 Å². The molecule has 0 unspecified atom stereocenters. The van der Waals surface area contributed by atoms with E-state index in [1.54, 1.807) is 0 Å². The maximum Gasteiger partial charge on any atom is 0.0948 e. The van der Waals surface area contributed by atoms with Crippen LogP contribution in [0.4, 0.5) is 5.69 Å². The minimum atomic E-state index is 0.820. The lowest BCUT2D eigenvalue weighted by Crippen LogP contribution is -2.06. The lowest BCUT2D eigenvalue weighted by atomic mass is 10.1. The van der Waals surface area contributed by atoms with Crippen LogP contribution in [0, 0.1) is 0 Å². The Morgan fingerprint density at radius 3 is 2.94 bits per heavy atom. The Balaban J connectivity index is 2.02. The average Bonchev–Trinajstić information content (AvgIpc) is 2.84. The lowest BCUT2D eigenvalue weighted by Gasteiger charge is -2.09. The molecule has 0 atom stereocenters. The van der Waals surface area contributed by atoms with Crippen LogP contribution in [0.1, 0.15) is 25.1 Å². The van der Waals surface area contributed by atoms with Gasteiger partial charge in [-0.1, -0.05) is 19.1 Å². The van der Waals surface area contributed by atoms with Gasteiger partial charge in [-0.05, 0) is 31.0 Å². The number of imidazole rings is 1. The average molecular weight is 229 g/mol. The van der Waals surface area contributed by atoms with Gasteiger partial charge in [0.25, 0.3) is 0 Å². The summed E-state index contributed by atoms with van der Waals surface area (Å²) in [5.74, 6) is 0. The highest BCUT2D eigenvalue weighted by Gasteiger charge is 2.00. The SMILES string of the molecule is CCc1cccc(NCc2cncn2CC)c1. The van der Waals surface area contributed by atoms with E-state index in [4.69, 9.17) is 0 Å². The fourth-order valence-corrected chi connectivity index (χ4v) is 1.87.